The Labute approximate surface area is 109 Å². The summed E-state index contributed by atoms with van der Waals surface area (Å²) in [5.41, 5.74) is 2.23. The van der Waals surface area contributed by atoms with E-state index < -0.39 is 0 Å². The molecule has 0 atom stereocenters. The standard InChI is InChI=1S/C15H22N2O/c1-11(18)17-14-7-5-4-6-12(14)10-16-15(2,3)13-8-9-13/h4-7,13,16H,8-10H2,1-3H3,(H,17,18). The van der Waals surface area contributed by atoms with E-state index in [1.807, 2.05) is 18.2 Å². The molecule has 0 heterocycles. The van der Waals surface area contributed by atoms with Crippen molar-refractivity contribution in [3.63, 3.8) is 0 Å². The van der Waals surface area contributed by atoms with Crippen molar-refractivity contribution in [3.05, 3.63) is 29.8 Å². The first-order chi connectivity index (χ1) is 8.49. The molecule has 1 aromatic carbocycles. The van der Waals surface area contributed by atoms with Crippen molar-refractivity contribution in [2.75, 3.05) is 5.32 Å². The van der Waals surface area contributed by atoms with Crippen LogP contribution in [0.25, 0.3) is 0 Å². The molecular formula is C15H22N2O. The average Bonchev–Trinajstić information content (AvgIpc) is 3.11. The zero-order valence-electron chi connectivity index (χ0n) is 11.4. The maximum absolute atomic E-state index is 11.2. The Kier molecular flexibility index (Phi) is 3.71. The monoisotopic (exact) mass is 246 g/mol. The lowest BCUT2D eigenvalue weighted by molar-refractivity contribution is -0.114. The van der Waals surface area contributed by atoms with Gasteiger partial charge in [-0.05, 0) is 44.2 Å². The maximum atomic E-state index is 11.2. The van der Waals surface area contributed by atoms with Crippen LogP contribution in [0.15, 0.2) is 24.3 Å². The number of anilines is 1. The van der Waals surface area contributed by atoms with Crippen LogP contribution in [-0.2, 0) is 11.3 Å². The van der Waals surface area contributed by atoms with Gasteiger partial charge in [0.2, 0.25) is 5.91 Å². The molecule has 1 aliphatic carbocycles. The fraction of sp³-hybridized carbons (Fsp3) is 0.533. The Bertz CT molecular complexity index is 436. The van der Waals surface area contributed by atoms with E-state index in [2.05, 4.69) is 30.5 Å². The lowest BCUT2D eigenvalue weighted by Crippen LogP contribution is -2.40. The Morgan fingerprint density at radius 3 is 2.61 bits per heavy atom. The van der Waals surface area contributed by atoms with Crippen LogP contribution in [0.1, 0.15) is 39.2 Å². The smallest absolute Gasteiger partial charge is 0.221 e. The van der Waals surface area contributed by atoms with Crippen LogP contribution in [0.4, 0.5) is 5.69 Å². The van der Waals surface area contributed by atoms with Crippen LogP contribution in [0.5, 0.6) is 0 Å². The highest BCUT2D eigenvalue weighted by atomic mass is 16.1. The number of nitrogens with one attached hydrogen (secondary N) is 2. The molecule has 1 amide bonds. The summed E-state index contributed by atoms with van der Waals surface area (Å²) in [5, 5.41) is 6.48. The second-order valence-corrected chi connectivity index (χ2v) is 5.69. The van der Waals surface area contributed by atoms with E-state index in [-0.39, 0.29) is 11.4 Å². The van der Waals surface area contributed by atoms with E-state index in [4.69, 9.17) is 0 Å². The van der Waals surface area contributed by atoms with Crippen LogP contribution in [0.3, 0.4) is 0 Å². The van der Waals surface area contributed by atoms with E-state index in [9.17, 15) is 4.79 Å². The molecular weight excluding hydrogens is 224 g/mol. The average molecular weight is 246 g/mol. The van der Waals surface area contributed by atoms with Crippen molar-refractivity contribution in [2.45, 2.75) is 45.7 Å². The van der Waals surface area contributed by atoms with Crippen LogP contribution in [-0.4, -0.2) is 11.4 Å². The van der Waals surface area contributed by atoms with E-state index in [1.54, 1.807) is 6.92 Å². The summed E-state index contributed by atoms with van der Waals surface area (Å²) in [6, 6.07) is 7.96. The first-order valence-corrected chi connectivity index (χ1v) is 6.59. The second kappa shape index (κ2) is 5.11. The predicted molar refractivity (Wildman–Crippen MR) is 74.4 cm³/mol. The molecule has 0 radical (unpaired) electrons. The minimum atomic E-state index is -0.0242. The molecule has 0 aliphatic heterocycles. The van der Waals surface area contributed by atoms with Gasteiger partial charge in [0.25, 0.3) is 0 Å². The summed E-state index contributed by atoms with van der Waals surface area (Å²) in [7, 11) is 0. The second-order valence-electron chi connectivity index (χ2n) is 5.69. The molecule has 18 heavy (non-hydrogen) atoms. The van der Waals surface area contributed by atoms with Crippen LogP contribution in [0.2, 0.25) is 0 Å². The van der Waals surface area contributed by atoms with Gasteiger partial charge in [-0.15, -0.1) is 0 Å². The van der Waals surface area contributed by atoms with Gasteiger partial charge < -0.3 is 10.6 Å². The van der Waals surface area contributed by atoms with Crippen molar-refractivity contribution < 1.29 is 4.79 Å². The summed E-state index contributed by atoms with van der Waals surface area (Å²) in [6.07, 6.45) is 2.65. The fourth-order valence-electron chi connectivity index (χ4n) is 2.26. The van der Waals surface area contributed by atoms with E-state index in [1.165, 1.54) is 12.8 Å². The van der Waals surface area contributed by atoms with Crippen molar-refractivity contribution in [1.82, 2.24) is 5.32 Å². The molecule has 1 saturated carbocycles. The maximum Gasteiger partial charge on any atom is 0.221 e. The van der Waals surface area contributed by atoms with Crippen LogP contribution >= 0.6 is 0 Å². The van der Waals surface area contributed by atoms with Crippen molar-refractivity contribution in [2.24, 2.45) is 5.92 Å². The van der Waals surface area contributed by atoms with E-state index in [0.717, 1.165) is 23.7 Å². The largest absolute Gasteiger partial charge is 0.326 e. The first kappa shape index (κ1) is 13.1. The lowest BCUT2D eigenvalue weighted by Gasteiger charge is -2.27. The minimum absolute atomic E-state index is 0.0242. The van der Waals surface area contributed by atoms with Gasteiger partial charge in [-0.3, -0.25) is 4.79 Å². The molecule has 1 aliphatic rings. The quantitative estimate of drug-likeness (QED) is 0.838. The number of benzene rings is 1. The normalized spacial score (nSPS) is 15.5. The third-order valence-corrected chi connectivity index (χ3v) is 3.66. The molecule has 0 spiro atoms. The Morgan fingerprint density at radius 2 is 2.00 bits per heavy atom. The van der Waals surface area contributed by atoms with Gasteiger partial charge in [0.1, 0.15) is 0 Å². The minimum Gasteiger partial charge on any atom is -0.326 e. The number of hydrogen-bond acceptors (Lipinski definition) is 2. The molecule has 3 heteroatoms. The molecule has 2 rings (SSSR count). The zero-order chi connectivity index (χ0) is 13.2. The van der Waals surface area contributed by atoms with Gasteiger partial charge in [-0.25, -0.2) is 0 Å². The number of para-hydroxylation sites is 1. The fourth-order valence-corrected chi connectivity index (χ4v) is 2.26. The molecule has 2 N–H and O–H groups in total. The SMILES string of the molecule is CC(=O)Nc1ccccc1CNC(C)(C)C1CC1. The van der Waals surface area contributed by atoms with Crippen LogP contribution in [0, 0.1) is 5.92 Å². The number of carbonyl (C=O) groups is 1. The van der Waals surface area contributed by atoms with Gasteiger partial charge in [0.05, 0.1) is 0 Å². The summed E-state index contributed by atoms with van der Waals surface area (Å²) in [4.78, 5) is 11.2. The van der Waals surface area contributed by atoms with E-state index in [0.29, 0.717) is 0 Å². The molecule has 0 aromatic heterocycles. The zero-order valence-corrected chi connectivity index (χ0v) is 11.4. The Hall–Kier alpha value is -1.35. The highest BCUT2D eigenvalue weighted by Gasteiger charge is 2.37. The van der Waals surface area contributed by atoms with E-state index >= 15 is 0 Å². The van der Waals surface area contributed by atoms with Crippen LogP contribution < -0.4 is 10.6 Å². The molecule has 98 valence electrons. The van der Waals surface area contributed by atoms with Gasteiger partial charge in [-0.2, -0.15) is 0 Å². The number of amides is 1. The van der Waals surface area contributed by atoms with Crippen molar-refractivity contribution >= 4 is 11.6 Å². The summed E-state index contributed by atoms with van der Waals surface area (Å²) in [5.74, 6) is 0.773. The first-order valence-electron chi connectivity index (χ1n) is 6.59. The van der Waals surface area contributed by atoms with Crippen molar-refractivity contribution in [1.29, 1.82) is 0 Å². The van der Waals surface area contributed by atoms with Gasteiger partial charge >= 0.3 is 0 Å². The highest BCUT2D eigenvalue weighted by molar-refractivity contribution is 5.89. The molecule has 0 bridgehead atoms. The molecule has 1 fully saturated rings. The predicted octanol–water partition coefficient (Wildman–Crippen LogP) is 2.92. The molecule has 0 unspecified atom stereocenters. The topological polar surface area (TPSA) is 41.1 Å². The molecule has 0 saturated heterocycles. The van der Waals surface area contributed by atoms with Gasteiger partial charge in [0, 0.05) is 24.7 Å². The Morgan fingerprint density at radius 1 is 1.33 bits per heavy atom. The Balaban J connectivity index is 2.02. The summed E-state index contributed by atoms with van der Waals surface area (Å²) >= 11 is 0. The van der Waals surface area contributed by atoms with Crippen molar-refractivity contribution in [3.8, 4) is 0 Å². The molecule has 1 aromatic rings. The number of hydrogen-bond donors (Lipinski definition) is 2. The third-order valence-electron chi connectivity index (χ3n) is 3.66. The summed E-state index contributed by atoms with van der Waals surface area (Å²) in [6.45, 7) is 6.84. The number of carbonyl (C=O) groups excluding carboxylic acids is 1. The lowest BCUT2D eigenvalue weighted by atomic mass is 9.98. The molecule has 3 nitrogen and oxygen atoms in total. The summed E-state index contributed by atoms with van der Waals surface area (Å²) < 4.78 is 0. The van der Waals surface area contributed by atoms with Gasteiger partial charge in [-0.1, -0.05) is 18.2 Å². The number of rotatable bonds is 5. The van der Waals surface area contributed by atoms with Gasteiger partial charge in [0.15, 0.2) is 0 Å². The highest BCUT2D eigenvalue weighted by Crippen LogP contribution is 2.39. The third kappa shape index (κ3) is 3.33.